The van der Waals surface area contributed by atoms with Gasteiger partial charge in [-0.2, -0.15) is 13.2 Å². The van der Waals surface area contributed by atoms with Crippen LogP contribution in [0.1, 0.15) is 75.3 Å². The molecule has 0 heterocycles. The third kappa shape index (κ3) is 12.0. The molecule has 7 N–H and O–H groups in total. The lowest BCUT2D eigenvalue weighted by Gasteiger charge is -2.12. The lowest BCUT2D eigenvalue weighted by Crippen LogP contribution is -2.30. The number of hydrogen-bond donors (Lipinski definition) is 4. The zero-order valence-electron chi connectivity index (χ0n) is 20.9. The van der Waals surface area contributed by atoms with Gasteiger partial charge in [0, 0.05) is 13.0 Å². The van der Waals surface area contributed by atoms with Gasteiger partial charge in [0.25, 0.3) is 0 Å². The van der Waals surface area contributed by atoms with Gasteiger partial charge in [-0.25, -0.2) is 4.79 Å². The Labute approximate surface area is 211 Å². The van der Waals surface area contributed by atoms with Crippen LogP contribution in [0.3, 0.4) is 0 Å². The van der Waals surface area contributed by atoms with Gasteiger partial charge < -0.3 is 22.3 Å². The third-order valence-electron chi connectivity index (χ3n) is 6.09. The van der Waals surface area contributed by atoms with E-state index in [0.29, 0.717) is 19.5 Å². The summed E-state index contributed by atoms with van der Waals surface area (Å²) in [5.74, 6) is -2.54. The Bertz CT molecular complexity index is 935. The quantitative estimate of drug-likeness (QED) is 0.242. The average molecular weight is 512 g/mol. The molecule has 0 unspecified atom stereocenters. The standard InChI is InChI=1S/C25H39N3O.C2HF3O2/c26-18-10-9-14-24(28)25(29)15-6-4-2-1-3-5-11-21-17-16-20-12-7-8-13-22(20)23(21)19-27;3-2(4,5)1(6)7/h7-8,12-13,16-17,24H,1-6,9-11,14-15,18-19,26-28H2;(H,6,7)/t24-;/m0./s1. The van der Waals surface area contributed by atoms with E-state index in [1.165, 1.54) is 47.6 Å². The van der Waals surface area contributed by atoms with E-state index in [9.17, 15) is 18.0 Å². The number of halogens is 3. The number of fused-ring (bicyclic) bond motifs is 1. The van der Waals surface area contributed by atoms with Gasteiger partial charge in [0.2, 0.25) is 0 Å². The molecule has 2 rings (SSSR count). The van der Waals surface area contributed by atoms with Crippen molar-refractivity contribution < 1.29 is 27.9 Å². The van der Waals surface area contributed by atoms with Crippen molar-refractivity contribution in [1.82, 2.24) is 0 Å². The summed E-state index contributed by atoms with van der Waals surface area (Å²) in [6.07, 6.45) is 6.22. The molecule has 2 aromatic rings. The van der Waals surface area contributed by atoms with Crippen LogP contribution in [-0.4, -0.2) is 35.6 Å². The third-order valence-corrected chi connectivity index (χ3v) is 6.09. The molecule has 0 saturated carbocycles. The van der Waals surface area contributed by atoms with E-state index in [0.717, 1.165) is 38.5 Å². The van der Waals surface area contributed by atoms with E-state index in [2.05, 4.69) is 36.4 Å². The predicted molar refractivity (Wildman–Crippen MR) is 137 cm³/mol. The summed E-state index contributed by atoms with van der Waals surface area (Å²) in [7, 11) is 0. The van der Waals surface area contributed by atoms with E-state index in [1.807, 2.05) is 0 Å². The normalized spacial score (nSPS) is 12.2. The Hall–Kier alpha value is -2.49. The first-order valence-electron chi connectivity index (χ1n) is 12.6. The Kier molecular flexibility index (Phi) is 14.9. The maximum absolute atomic E-state index is 12.0. The summed E-state index contributed by atoms with van der Waals surface area (Å²) >= 11 is 0. The number of hydrogen-bond acceptors (Lipinski definition) is 5. The van der Waals surface area contributed by atoms with Crippen molar-refractivity contribution in [2.75, 3.05) is 6.54 Å². The minimum atomic E-state index is -5.08. The number of ketones is 1. The molecule has 9 heteroatoms. The van der Waals surface area contributed by atoms with Crippen LogP contribution in [0.25, 0.3) is 10.8 Å². The fourth-order valence-corrected chi connectivity index (χ4v) is 4.03. The number of benzene rings is 2. The minimum absolute atomic E-state index is 0.215. The van der Waals surface area contributed by atoms with Gasteiger partial charge in [0.15, 0.2) is 0 Å². The van der Waals surface area contributed by atoms with Crippen LogP contribution in [0, 0.1) is 0 Å². The van der Waals surface area contributed by atoms with E-state index in [1.54, 1.807) is 0 Å². The van der Waals surface area contributed by atoms with E-state index < -0.39 is 12.1 Å². The van der Waals surface area contributed by atoms with Gasteiger partial charge in [0.05, 0.1) is 6.04 Å². The highest BCUT2D eigenvalue weighted by Crippen LogP contribution is 2.24. The number of nitrogens with two attached hydrogens (primary N) is 3. The number of carboxylic acid groups (broad SMARTS) is 1. The zero-order chi connectivity index (χ0) is 27.0. The smallest absolute Gasteiger partial charge is 0.475 e. The number of rotatable bonds is 15. The number of carbonyl (C=O) groups excluding carboxylic acids is 1. The van der Waals surface area contributed by atoms with Crippen molar-refractivity contribution in [3.05, 3.63) is 47.5 Å². The van der Waals surface area contributed by atoms with Crippen LogP contribution in [0.2, 0.25) is 0 Å². The van der Waals surface area contributed by atoms with E-state index >= 15 is 0 Å². The summed E-state index contributed by atoms with van der Waals surface area (Å²) in [6.45, 7) is 1.27. The minimum Gasteiger partial charge on any atom is -0.475 e. The first-order chi connectivity index (χ1) is 17.1. The second-order valence-corrected chi connectivity index (χ2v) is 8.91. The summed E-state index contributed by atoms with van der Waals surface area (Å²) < 4.78 is 31.7. The molecule has 1 atom stereocenters. The van der Waals surface area contributed by atoms with E-state index in [4.69, 9.17) is 27.1 Å². The molecule has 0 saturated heterocycles. The second-order valence-electron chi connectivity index (χ2n) is 8.91. The SMILES string of the molecule is NCCCC[C@H](N)C(=O)CCCCCCCCc1ccc2ccccc2c1CN.O=C(O)C(F)(F)F. The molecule has 0 spiro atoms. The van der Waals surface area contributed by atoms with Crippen LogP contribution < -0.4 is 17.2 Å². The van der Waals surface area contributed by atoms with Crippen molar-refractivity contribution in [2.45, 2.75) is 89.4 Å². The molecule has 0 aliphatic rings. The summed E-state index contributed by atoms with van der Waals surface area (Å²) in [5, 5.41) is 9.68. The summed E-state index contributed by atoms with van der Waals surface area (Å²) in [6, 6.07) is 12.6. The molecule has 0 fully saturated rings. The summed E-state index contributed by atoms with van der Waals surface area (Å²) in [4.78, 5) is 20.9. The molecule has 0 aromatic heterocycles. The summed E-state index contributed by atoms with van der Waals surface area (Å²) in [5.41, 5.74) is 20.2. The van der Waals surface area contributed by atoms with Crippen LogP contribution in [0.5, 0.6) is 0 Å². The molecule has 0 aliphatic heterocycles. The van der Waals surface area contributed by atoms with Crippen LogP contribution in [0.15, 0.2) is 36.4 Å². The molecule has 36 heavy (non-hydrogen) atoms. The maximum Gasteiger partial charge on any atom is 0.490 e. The Morgan fingerprint density at radius 1 is 0.861 bits per heavy atom. The van der Waals surface area contributed by atoms with Crippen LogP contribution in [-0.2, 0) is 22.6 Å². The first kappa shape index (κ1) is 31.5. The molecule has 0 aliphatic carbocycles. The Morgan fingerprint density at radius 2 is 1.47 bits per heavy atom. The topological polar surface area (TPSA) is 132 Å². The fraction of sp³-hybridized carbons (Fsp3) is 0.556. The molecule has 0 bridgehead atoms. The first-order valence-corrected chi connectivity index (χ1v) is 12.6. The van der Waals surface area contributed by atoms with Gasteiger partial charge in [0.1, 0.15) is 5.78 Å². The van der Waals surface area contributed by atoms with Gasteiger partial charge in [-0.3, -0.25) is 4.79 Å². The Balaban J connectivity index is 0.000000809. The highest BCUT2D eigenvalue weighted by molar-refractivity contribution is 5.86. The lowest BCUT2D eigenvalue weighted by atomic mass is 9.95. The average Bonchev–Trinajstić information content (AvgIpc) is 2.85. The highest BCUT2D eigenvalue weighted by atomic mass is 19.4. The van der Waals surface area contributed by atoms with Gasteiger partial charge in [-0.15, -0.1) is 0 Å². The monoisotopic (exact) mass is 511 g/mol. The fourth-order valence-electron chi connectivity index (χ4n) is 4.03. The van der Waals surface area contributed by atoms with Crippen molar-refractivity contribution in [2.24, 2.45) is 17.2 Å². The van der Waals surface area contributed by atoms with Gasteiger partial charge in [-0.05, 0) is 60.5 Å². The van der Waals surface area contributed by atoms with Crippen molar-refractivity contribution in [3.63, 3.8) is 0 Å². The van der Waals surface area contributed by atoms with Crippen molar-refractivity contribution in [3.8, 4) is 0 Å². The Morgan fingerprint density at radius 3 is 2.08 bits per heavy atom. The number of unbranched alkanes of at least 4 members (excludes halogenated alkanes) is 6. The molecular formula is C27H40F3N3O3. The molecule has 0 radical (unpaired) electrons. The number of alkyl halides is 3. The number of Topliss-reactive ketones (excluding diaryl/α,β-unsaturated/α-hetero) is 1. The molecule has 6 nitrogen and oxygen atoms in total. The van der Waals surface area contributed by atoms with Gasteiger partial charge >= 0.3 is 12.1 Å². The number of carboxylic acids is 1. The predicted octanol–water partition coefficient (Wildman–Crippen LogP) is 5.23. The second kappa shape index (κ2) is 17.1. The van der Waals surface area contributed by atoms with Crippen LogP contribution in [0.4, 0.5) is 13.2 Å². The number of carbonyl (C=O) groups is 2. The molecular weight excluding hydrogens is 471 g/mol. The molecule has 202 valence electrons. The zero-order valence-corrected chi connectivity index (χ0v) is 20.9. The highest BCUT2D eigenvalue weighted by Gasteiger charge is 2.38. The molecule has 0 amide bonds. The van der Waals surface area contributed by atoms with Crippen molar-refractivity contribution >= 4 is 22.5 Å². The largest absolute Gasteiger partial charge is 0.490 e. The van der Waals surface area contributed by atoms with Crippen molar-refractivity contribution in [1.29, 1.82) is 0 Å². The number of aliphatic carboxylic acids is 1. The van der Waals surface area contributed by atoms with Crippen LogP contribution >= 0.6 is 0 Å². The lowest BCUT2D eigenvalue weighted by molar-refractivity contribution is -0.192. The maximum atomic E-state index is 12.0. The molecule has 2 aromatic carbocycles. The number of aryl methyl sites for hydroxylation is 1. The van der Waals surface area contributed by atoms with Gasteiger partial charge in [-0.1, -0.05) is 68.5 Å². The van der Waals surface area contributed by atoms with E-state index in [-0.39, 0.29) is 11.8 Å².